The number of likely N-dealkylation sites (tertiary alicyclic amines) is 1. The maximum absolute atomic E-state index is 12.7. The molecule has 1 aromatic rings. The van der Waals surface area contributed by atoms with E-state index in [1.165, 1.54) is 0 Å². The van der Waals surface area contributed by atoms with E-state index in [2.05, 4.69) is 5.32 Å². The molecule has 9 heteroatoms. The second kappa shape index (κ2) is 10.7. The molecule has 0 radical (unpaired) electrons. The fourth-order valence-electron chi connectivity index (χ4n) is 4.11. The lowest BCUT2D eigenvalue weighted by molar-refractivity contribution is -0.152. The zero-order valence-electron chi connectivity index (χ0n) is 17.2. The van der Waals surface area contributed by atoms with E-state index in [0.29, 0.717) is 24.7 Å². The van der Waals surface area contributed by atoms with E-state index in [4.69, 9.17) is 21.4 Å². The van der Waals surface area contributed by atoms with Gasteiger partial charge in [-0.05, 0) is 49.3 Å². The van der Waals surface area contributed by atoms with E-state index in [-0.39, 0.29) is 18.4 Å². The molecule has 1 aliphatic heterocycles. The van der Waals surface area contributed by atoms with Gasteiger partial charge in [-0.15, -0.1) is 0 Å². The molecule has 1 heterocycles. The largest absolute Gasteiger partial charge is 0.480 e. The molecule has 0 aromatic heterocycles. The highest BCUT2D eigenvalue weighted by Crippen LogP contribution is 2.29. The van der Waals surface area contributed by atoms with Crippen molar-refractivity contribution in [1.29, 1.82) is 0 Å². The van der Waals surface area contributed by atoms with Gasteiger partial charge in [0.15, 0.2) is 11.7 Å². The summed E-state index contributed by atoms with van der Waals surface area (Å²) in [5, 5.41) is 11.5. The van der Waals surface area contributed by atoms with Gasteiger partial charge in [-0.1, -0.05) is 23.7 Å². The van der Waals surface area contributed by atoms with Crippen LogP contribution in [0.5, 0.6) is 0 Å². The van der Waals surface area contributed by atoms with Crippen molar-refractivity contribution in [3.05, 3.63) is 34.9 Å². The van der Waals surface area contributed by atoms with E-state index in [0.717, 1.165) is 31.2 Å². The van der Waals surface area contributed by atoms with Gasteiger partial charge in [0.2, 0.25) is 11.8 Å². The van der Waals surface area contributed by atoms with E-state index in [1.807, 2.05) is 24.3 Å². The predicted octanol–water partition coefficient (Wildman–Crippen LogP) is 2.03. The van der Waals surface area contributed by atoms with Crippen molar-refractivity contribution in [2.45, 2.75) is 44.8 Å². The third-order valence-electron chi connectivity index (χ3n) is 5.86. The van der Waals surface area contributed by atoms with Gasteiger partial charge in [0.25, 0.3) is 0 Å². The molecule has 1 aliphatic carbocycles. The molecule has 0 bridgehead atoms. The maximum Gasteiger partial charge on any atom is 0.322 e. The van der Waals surface area contributed by atoms with Crippen LogP contribution in [0.25, 0.3) is 0 Å². The first kappa shape index (κ1) is 23.2. The number of ketones is 1. The second-order valence-electron chi connectivity index (χ2n) is 8.13. The summed E-state index contributed by atoms with van der Waals surface area (Å²) in [4.78, 5) is 49.2. The molecule has 2 amide bonds. The highest BCUT2D eigenvalue weighted by Gasteiger charge is 2.41. The summed E-state index contributed by atoms with van der Waals surface area (Å²) in [5.74, 6) is -4.19. The van der Waals surface area contributed by atoms with Gasteiger partial charge in [0, 0.05) is 24.5 Å². The molecule has 1 saturated heterocycles. The Morgan fingerprint density at radius 3 is 2.45 bits per heavy atom. The molecule has 8 nitrogen and oxygen atoms in total. The number of amides is 2. The van der Waals surface area contributed by atoms with Gasteiger partial charge in [-0.2, -0.15) is 0 Å². The average molecular weight is 451 g/mol. The van der Waals surface area contributed by atoms with Crippen molar-refractivity contribution in [3.8, 4) is 0 Å². The molecule has 2 fully saturated rings. The van der Waals surface area contributed by atoms with Crippen LogP contribution in [0.1, 0.15) is 37.7 Å². The number of hydrogen-bond donors (Lipinski definition) is 2. The van der Waals surface area contributed by atoms with E-state index >= 15 is 0 Å². The van der Waals surface area contributed by atoms with Crippen molar-refractivity contribution in [3.63, 3.8) is 0 Å². The third-order valence-corrected chi connectivity index (χ3v) is 6.11. The predicted molar refractivity (Wildman–Crippen MR) is 112 cm³/mol. The fraction of sp³-hybridized carbons (Fsp3) is 0.545. The SMILES string of the molecule is O=C(O)CNC(=O)C1C(=O)CCN(CC2CCC(OCc3ccc(Cl)cc3)CC2)C1=O. The Kier molecular flexibility index (Phi) is 8.03. The van der Waals surface area contributed by atoms with Gasteiger partial charge >= 0.3 is 5.97 Å². The Morgan fingerprint density at radius 1 is 1.13 bits per heavy atom. The lowest BCUT2D eigenvalue weighted by Crippen LogP contribution is -2.53. The molecular formula is C22H27ClN2O6. The number of nitrogens with one attached hydrogen (secondary N) is 1. The number of nitrogens with zero attached hydrogens (tertiary/aromatic N) is 1. The number of benzene rings is 1. The second-order valence-corrected chi connectivity index (χ2v) is 8.56. The Labute approximate surface area is 185 Å². The number of hydrogen-bond acceptors (Lipinski definition) is 5. The average Bonchev–Trinajstić information content (AvgIpc) is 2.75. The summed E-state index contributed by atoms with van der Waals surface area (Å²) < 4.78 is 6.01. The summed E-state index contributed by atoms with van der Waals surface area (Å²) in [7, 11) is 0. The highest BCUT2D eigenvalue weighted by atomic mass is 35.5. The third kappa shape index (κ3) is 6.51. The molecule has 1 unspecified atom stereocenters. The number of ether oxygens (including phenoxy) is 1. The van der Waals surface area contributed by atoms with Gasteiger partial charge < -0.3 is 20.1 Å². The van der Waals surface area contributed by atoms with E-state index in [1.54, 1.807) is 4.90 Å². The van der Waals surface area contributed by atoms with Crippen molar-refractivity contribution in [2.75, 3.05) is 19.6 Å². The highest BCUT2D eigenvalue weighted by molar-refractivity contribution is 6.30. The standard InChI is InChI=1S/C22H27ClN2O6/c23-16-5-1-15(2-6-16)13-31-17-7-3-14(4-8-17)12-25-10-9-18(26)20(22(25)30)21(29)24-11-19(27)28/h1-2,5-6,14,17,20H,3-4,7-13H2,(H,24,29)(H,27,28). The quantitative estimate of drug-likeness (QED) is 0.586. The van der Waals surface area contributed by atoms with E-state index < -0.39 is 36.0 Å². The molecule has 2 aliphatic rings. The van der Waals surface area contributed by atoms with Crippen LogP contribution in [0.2, 0.25) is 5.02 Å². The number of carboxylic acid groups (broad SMARTS) is 1. The lowest BCUT2D eigenvalue weighted by Gasteiger charge is -2.36. The van der Waals surface area contributed by atoms with Crippen LogP contribution in [0.3, 0.4) is 0 Å². The van der Waals surface area contributed by atoms with Gasteiger partial charge in [-0.3, -0.25) is 19.2 Å². The van der Waals surface area contributed by atoms with Crippen LogP contribution in [-0.2, 0) is 30.5 Å². The molecule has 2 N–H and O–H groups in total. The van der Waals surface area contributed by atoms with Crippen LogP contribution >= 0.6 is 11.6 Å². The van der Waals surface area contributed by atoms with Crippen molar-refractivity contribution in [1.82, 2.24) is 10.2 Å². The molecule has 1 saturated carbocycles. The van der Waals surface area contributed by atoms with Crippen LogP contribution < -0.4 is 5.32 Å². The fourth-order valence-corrected chi connectivity index (χ4v) is 4.24. The summed E-state index contributed by atoms with van der Waals surface area (Å²) in [5.41, 5.74) is 1.07. The lowest BCUT2D eigenvalue weighted by atomic mass is 9.85. The first-order valence-electron chi connectivity index (χ1n) is 10.5. The minimum absolute atomic E-state index is 0.108. The number of carboxylic acids is 1. The monoisotopic (exact) mass is 450 g/mol. The number of carbonyl (C=O) groups is 4. The first-order valence-corrected chi connectivity index (χ1v) is 10.9. The minimum atomic E-state index is -1.44. The normalized spacial score (nSPS) is 24.2. The van der Waals surface area contributed by atoms with E-state index in [9.17, 15) is 19.2 Å². The zero-order chi connectivity index (χ0) is 22.4. The molecule has 0 spiro atoms. The van der Waals surface area contributed by atoms with Gasteiger partial charge in [-0.25, -0.2) is 0 Å². The van der Waals surface area contributed by atoms with Gasteiger partial charge in [0.05, 0.1) is 12.7 Å². The summed E-state index contributed by atoms with van der Waals surface area (Å²) in [6.45, 7) is 0.717. The first-order chi connectivity index (χ1) is 14.8. The number of piperidine rings is 1. The molecule has 3 rings (SSSR count). The molecule has 31 heavy (non-hydrogen) atoms. The summed E-state index contributed by atoms with van der Waals surface area (Å²) in [6, 6.07) is 7.57. The van der Waals surface area contributed by atoms with Crippen LogP contribution in [-0.4, -0.2) is 59.3 Å². The zero-order valence-corrected chi connectivity index (χ0v) is 18.0. The number of aliphatic carboxylic acids is 1. The molecule has 1 aromatic carbocycles. The van der Waals surface area contributed by atoms with Gasteiger partial charge in [0.1, 0.15) is 6.54 Å². The Balaban J connectivity index is 1.45. The van der Waals surface area contributed by atoms with Crippen molar-refractivity contribution < 1.29 is 29.0 Å². The summed E-state index contributed by atoms with van der Waals surface area (Å²) in [6.07, 6.45) is 3.86. The van der Waals surface area contributed by atoms with Crippen LogP contribution in [0, 0.1) is 11.8 Å². The van der Waals surface area contributed by atoms with Crippen molar-refractivity contribution >= 4 is 35.2 Å². The maximum atomic E-state index is 12.7. The van der Waals surface area contributed by atoms with Crippen LogP contribution in [0.15, 0.2) is 24.3 Å². The number of Topliss-reactive ketones (excluding diaryl/α,β-unsaturated/α-hetero) is 1. The van der Waals surface area contributed by atoms with Crippen molar-refractivity contribution in [2.24, 2.45) is 11.8 Å². The molecule has 1 atom stereocenters. The number of carbonyl (C=O) groups excluding carboxylic acids is 3. The Morgan fingerprint density at radius 2 is 1.81 bits per heavy atom. The number of rotatable bonds is 8. The smallest absolute Gasteiger partial charge is 0.322 e. The summed E-state index contributed by atoms with van der Waals surface area (Å²) >= 11 is 5.90. The number of halogens is 1. The molecular weight excluding hydrogens is 424 g/mol. The Hall–Kier alpha value is -2.45. The Bertz CT molecular complexity index is 820. The minimum Gasteiger partial charge on any atom is -0.480 e. The van der Waals surface area contributed by atoms with Crippen LogP contribution in [0.4, 0.5) is 0 Å². The molecule has 168 valence electrons. The topological polar surface area (TPSA) is 113 Å².